The second kappa shape index (κ2) is 13.2. The summed E-state index contributed by atoms with van der Waals surface area (Å²) < 4.78 is 62.7. The monoisotopic (exact) mass is 609 g/mol. The maximum absolute atomic E-state index is 15.6. The number of likely N-dealkylation sites (tertiary alicyclic amines) is 1. The molecule has 0 bridgehead atoms. The molecule has 4 rings (SSSR count). The van der Waals surface area contributed by atoms with Crippen LogP contribution in [0, 0.1) is 0 Å². The number of piperidine rings is 1. The lowest BCUT2D eigenvalue weighted by Gasteiger charge is -2.45. The zero-order valence-electron chi connectivity index (χ0n) is 23.8. The summed E-state index contributed by atoms with van der Waals surface area (Å²) in [6.07, 6.45) is -2.11. The van der Waals surface area contributed by atoms with Crippen molar-refractivity contribution in [1.29, 1.82) is 0 Å². The number of carbonyl (C=O) groups excluding carboxylic acids is 1. The van der Waals surface area contributed by atoms with Crippen LogP contribution < -0.4 is 16.4 Å². The molecule has 1 amide bonds. The molecule has 4 atom stereocenters. The Hall–Kier alpha value is -3.52. The van der Waals surface area contributed by atoms with E-state index in [1.165, 1.54) is 19.3 Å². The van der Waals surface area contributed by atoms with Gasteiger partial charge in [-0.3, -0.25) is 14.7 Å². The Balaban J connectivity index is 1.66. The van der Waals surface area contributed by atoms with Crippen molar-refractivity contribution in [3.05, 3.63) is 41.4 Å². The van der Waals surface area contributed by atoms with E-state index in [-0.39, 0.29) is 46.5 Å². The first kappa shape index (κ1) is 31.4. The minimum atomic E-state index is -4.50. The summed E-state index contributed by atoms with van der Waals surface area (Å²) in [6.45, 7) is 3.84. The fourth-order valence-electron chi connectivity index (χ4n) is 5.41. The van der Waals surface area contributed by atoms with Crippen LogP contribution in [0.4, 0.5) is 23.2 Å². The normalized spacial score (nSPS) is 22.2. The molecule has 0 aliphatic carbocycles. The van der Waals surface area contributed by atoms with Crippen LogP contribution in [0.2, 0.25) is 0 Å². The topological polar surface area (TPSA) is 122 Å². The number of benzene rings is 1. The zero-order chi connectivity index (χ0) is 30.6. The Bertz CT molecular complexity index is 1450. The summed E-state index contributed by atoms with van der Waals surface area (Å²) >= 11 is 1.09. The van der Waals surface area contributed by atoms with Gasteiger partial charge in [0.1, 0.15) is 6.17 Å². The zero-order valence-corrected chi connectivity index (χ0v) is 24.7. The number of rotatable bonds is 10. The first-order valence-corrected chi connectivity index (χ1v) is 14.5. The summed E-state index contributed by atoms with van der Waals surface area (Å²) in [5.41, 5.74) is 6.14. The lowest BCUT2D eigenvalue weighted by molar-refractivity contribution is -0.126. The Morgan fingerprint density at radius 1 is 1.31 bits per heavy atom. The first-order valence-electron chi connectivity index (χ1n) is 13.7. The molecule has 0 spiro atoms. The molecular formula is C28H35F4N7O2S. The summed E-state index contributed by atoms with van der Waals surface area (Å²) in [5, 5.41) is 10.1. The number of amides is 1. The molecular weight excluding hydrogens is 574 g/mol. The van der Waals surface area contributed by atoms with E-state index in [0.717, 1.165) is 17.8 Å². The molecule has 1 fully saturated rings. The Morgan fingerprint density at radius 3 is 2.74 bits per heavy atom. The van der Waals surface area contributed by atoms with E-state index in [0.29, 0.717) is 28.6 Å². The molecule has 1 aliphatic rings. The van der Waals surface area contributed by atoms with E-state index < -0.39 is 30.7 Å². The second-order valence-corrected chi connectivity index (χ2v) is 11.3. The van der Waals surface area contributed by atoms with Gasteiger partial charge >= 0.3 is 6.18 Å². The highest BCUT2D eigenvalue weighted by atomic mass is 32.1. The third kappa shape index (κ3) is 6.92. The second-order valence-electron chi connectivity index (χ2n) is 10.2. The highest BCUT2D eigenvalue weighted by Crippen LogP contribution is 2.44. The van der Waals surface area contributed by atoms with Gasteiger partial charge in [-0.15, -0.1) is 11.3 Å². The van der Waals surface area contributed by atoms with E-state index in [1.54, 1.807) is 18.2 Å². The van der Waals surface area contributed by atoms with Crippen LogP contribution in [0.25, 0.3) is 20.8 Å². The summed E-state index contributed by atoms with van der Waals surface area (Å²) in [7, 11) is 3.47. The number of fused-ring (bicyclic) bond motifs is 1. The van der Waals surface area contributed by atoms with Gasteiger partial charge in [-0.25, -0.2) is 4.39 Å². The van der Waals surface area contributed by atoms with Gasteiger partial charge in [0, 0.05) is 25.3 Å². The van der Waals surface area contributed by atoms with Gasteiger partial charge in [0.2, 0.25) is 11.7 Å². The Morgan fingerprint density at radius 2 is 2.07 bits per heavy atom. The number of hydrogen-bond acceptors (Lipinski definition) is 9. The third-order valence-corrected chi connectivity index (χ3v) is 8.82. The predicted molar refractivity (Wildman–Crippen MR) is 156 cm³/mol. The number of carbonyl (C=O) groups is 1. The van der Waals surface area contributed by atoms with Crippen LogP contribution in [0.15, 0.2) is 39.5 Å². The van der Waals surface area contributed by atoms with Crippen molar-refractivity contribution in [2.45, 2.75) is 76.5 Å². The SMILES string of the molecule is CCC1CC(Nc2cccc3c(CC(F)(F)F)c(-c4noc(CNC(=O)/C(N)=C/C=NC)n4)sc23)C(F)C(CC)N1C. The van der Waals surface area contributed by atoms with E-state index >= 15 is 4.39 Å². The van der Waals surface area contributed by atoms with Crippen molar-refractivity contribution in [3.8, 4) is 10.7 Å². The minimum absolute atomic E-state index is 0.00612. The average Bonchev–Trinajstić information content (AvgIpc) is 3.56. The third-order valence-electron chi connectivity index (χ3n) is 7.54. The smallest absolute Gasteiger partial charge is 0.393 e. The number of hydrogen-bond donors (Lipinski definition) is 3. The molecule has 3 heterocycles. The fraction of sp³-hybridized carbons (Fsp3) is 0.500. The van der Waals surface area contributed by atoms with Crippen LogP contribution in [0.5, 0.6) is 0 Å². The van der Waals surface area contributed by atoms with Gasteiger partial charge in [0.05, 0.1) is 40.0 Å². The number of nitrogens with two attached hydrogens (primary N) is 1. The number of aliphatic imine (C=N–C) groups is 1. The molecule has 0 saturated carbocycles. The van der Waals surface area contributed by atoms with Crippen LogP contribution in [0.3, 0.4) is 0 Å². The van der Waals surface area contributed by atoms with Gasteiger partial charge in [0.15, 0.2) is 0 Å². The Labute approximate surface area is 245 Å². The van der Waals surface area contributed by atoms with Crippen molar-refractivity contribution in [3.63, 3.8) is 0 Å². The molecule has 4 unspecified atom stereocenters. The predicted octanol–water partition coefficient (Wildman–Crippen LogP) is 5.23. The highest BCUT2D eigenvalue weighted by Gasteiger charge is 2.40. The van der Waals surface area contributed by atoms with Crippen LogP contribution >= 0.6 is 11.3 Å². The highest BCUT2D eigenvalue weighted by molar-refractivity contribution is 7.23. The van der Waals surface area contributed by atoms with Crippen molar-refractivity contribution in [1.82, 2.24) is 20.4 Å². The number of nitrogens with zero attached hydrogens (tertiary/aromatic N) is 4. The summed E-state index contributed by atoms with van der Waals surface area (Å²) in [5.74, 6) is -0.639. The van der Waals surface area contributed by atoms with Crippen LogP contribution in [0.1, 0.15) is 44.6 Å². The molecule has 3 aromatic rings. The summed E-state index contributed by atoms with van der Waals surface area (Å²) in [6, 6.07) is 4.46. The number of nitrogens with one attached hydrogen (secondary N) is 2. The number of aromatic nitrogens is 2. The van der Waals surface area contributed by atoms with Crippen molar-refractivity contribution >= 4 is 39.2 Å². The van der Waals surface area contributed by atoms with Gasteiger partial charge in [0.25, 0.3) is 5.91 Å². The van der Waals surface area contributed by atoms with Crippen molar-refractivity contribution in [2.75, 3.05) is 19.4 Å². The maximum atomic E-state index is 15.6. The number of thiophene rings is 1. The molecule has 1 aromatic carbocycles. The van der Waals surface area contributed by atoms with Crippen molar-refractivity contribution < 1.29 is 26.9 Å². The van der Waals surface area contributed by atoms with Gasteiger partial charge in [-0.2, -0.15) is 18.2 Å². The molecule has 14 heteroatoms. The molecule has 0 radical (unpaired) electrons. The number of halogens is 4. The maximum Gasteiger partial charge on any atom is 0.393 e. The van der Waals surface area contributed by atoms with E-state index in [1.807, 2.05) is 14.0 Å². The lowest BCUT2D eigenvalue weighted by atomic mass is 9.87. The molecule has 1 aliphatic heterocycles. The molecule has 1 saturated heterocycles. The molecule has 4 N–H and O–H groups in total. The van der Waals surface area contributed by atoms with Gasteiger partial charge < -0.3 is 20.9 Å². The first-order chi connectivity index (χ1) is 20.0. The number of allylic oxidation sites excluding steroid dienone is 1. The average molecular weight is 610 g/mol. The number of alkyl halides is 4. The van der Waals surface area contributed by atoms with Gasteiger partial charge in [-0.05, 0) is 49.4 Å². The Kier molecular flexibility index (Phi) is 9.87. The number of anilines is 1. The largest absolute Gasteiger partial charge is 0.394 e. The minimum Gasteiger partial charge on any atom is -0.394 e. The molecule has 228 valence electrons. The van der Waals surface area contributed by atoms with Crippen molar-refractivity contribution in [2.24, 2.45) is 10.7 Å². The summed E-state index contributed by atoms with van der Waals surface area (Å²) in [4.78, 5) is 22.4. The van der Waals surface area contributed by atoms with Crippen LogP contribution in [-0.4, -0.2) is 71.7 Å². The standard InChI is InChI=1S/C28H35F4N7O2S/c1-5-15-12-20(23(29)21(6-2)39(15)4)36-19-9-7-8-16-17(13-28(30,31)32)25(42-24(16)19)26-37-22(41-38-26)14-35-27(40)18(33)10-11-34-3/h7-11,15,20-21,23,36H,5-6,12-14,33H2,1-4H3,(H,35,40)/b18-10-,34-11?. The quantitative estimate of drug-likeness (QED) is 0.164. The molecule has 9 nitrogen and oxygen atoms in total. The lowest BCUT2D eigenvalue weighted by Crippen LogP contribution is -2.57. The van der Waals surface area contributed by atoms with E-state index in [9.17, 15) is 18.0 Å². The van der Waals surface area contributed by atoms with E-state index in [2.05, 4.69) is 37.6 Å². The van der Waals surface area contributed by atoms with Crippen LogP contribution in [-0.2, 0) is 17.8 Å². The van der Waals surface area contributed by atoms with E-state index in [4.69, 9.17) is 10.3 Å². The van der Waals surface area contributed by atoms with Gasteiger partial charge in [-0.1, -0.05) is 31.1 Å². The fourth-order valence-corrected chi connectivity index (χ4v) is 6.63. The molecule has 42 heavy (non-hydrogen) atoms. The molecule has 2 aromatic heterocycles.